The first-order valence-electron chi connectivity index (χ1n) is 6.20. The summed E-state index contributed by atoms with van der Waals surface area (Å²) in [5, 5.41) is 0. The van der Waals surface area contributed by atoms with Gasteiger partial charge in [0.1, 0.15) is 0 Å². The van der Waals surface area contributed by atoms with Crippen molar-refractivity contribution in [1.29, 1.82) is 0 Å². The number of hydrogen-bond acceptors (Lipinski definition) is 2. The van der Waals surface area contributed by atoms with E-state index in [4.69, 9.17) is 0 Å². The topological polar surface area (TPSA) is 22.0 Å². The van der Waals surface area contributed by atoms with Crippen LogP contribution in [0.1, 0.15) is 16.8 Å². The van der Waals surface area contributed by atoms with Crippen molar-refractivity contribution >= 4 is 17.5 Å². The predicted molar refractivity (Wildman–Crippen MR) is 75.5 cm³/mol. The molecule has 1 aliphatic rings. The third-order valence-corrected chi connectivity index (χ3v) is 4.50. The monoisotopic (exact) mass is 257 g/mol. The number of thioether (sulfide) groups is 1. The molecule has 2 heterocycles. The van der Waals surface area contributed by atoms with Gasteiger partial charge in [-0.3, -0.25) is 4.79 Å². The Balaban J connectivity index is 1.89. The van der Waals surface area contributed by atoms with Gasteiger partial charge in [0.25, 0.3) is 0 Å². The lowest BCUT2D eigenvalue weighted by Crippen LogP contribution is -2.14. The second kappa shape index (κ2) is 5.02. The van der Waals surface area contributed by atoms with Gasteiger partial charge in [0.2, 0.25) is 0 Å². The van der Waals surface area contributed by atoms with E-state index in [1.54, 1.807) is 0 Å². The standard InChI is InChI=1S/C15H15NOS/c17-15(13-6-9-18-11-13)12-4-3-5-14(10-12)16-7-1-2-8-16/h1-5,7-8,10,13H,6,9,11H2. The molecular formula is C15H15NOS. The number of carbonyl (C=O) groups is 1. The molecule has 1 saturated heterocycles. The van der Waals surface area contributed by atoms with Crippen LogP contribution in [0.5, 0.6) is 0 Å². The van der Waals surface area contributed by atoms with E-state index in [2.05, 4.69) is 0 Å². The van der Waals surface area contributed by atoms with Crippen molar-refractivity contribution in [2.75, 3.05) is 11.5 Å². The maximum atomic E-state index is 12.3. The van der Waals surface area contributed by atoms with Crippen LogP contribution in [-0.2, 0) is 0 Å². The van der Waals surface area contributed by atoms with Crippen LogP contribution in [0.4, 0.5) is 0 Å². The number of hydrogen-bond donors (Lipinski definition) is 0. The molecule has 0 aliphatic carbocycles. The van der Waals surface area contributed by atoms with Crippen molar-refractivity contribution in [3.63, 3.8) is 0 Å². The Morgan fingerprint density at radius 3 is 2.78 bits per heavy atom. The highest BCUT2D eigenvalue weighted by molar-refractivity contribution is 7.99. The molecule has 1 fully saturated rings. The van der Waals surface area contributed by atoms with Crippen LogP contribution in [0.3, 0.4) is 0 Å². The second-order valence-corrected chi connectivity index (χ2v) is 5.72. The molecule has 92 valence electrons. The predicted octanol–water partition coefficient (Wildman–Crippen LogP) is 3.41. The average Bonchev–Trinajstić information content (AvgIpc) is 3.11. The lowest BCUT2D eigenvalue weighted by atomic mass is 9.97. The second-order valence-electron chi connectivity index (χ2n) is 4.57. The third kappa shape index (κ3) is 2.23. The molecule has 1 aromatic heterocycles. The van der Waals surface area contributed by atoms with Gasteiger partial charge in [0.15, 0.2) is 5.78 Å². The molecule has 3 rings (SSSR count). The van der Waals surface area contributed by atoms with E-state index in [1.807, 2.05) is 65.1 Å². The molecule has 0 bridgehead atoms. The number of aromatic nitrogens is 1. The minimum absolute atomic E-state index is 0.218. The number of ketones is 1. The largest absolute Gasteiger partial charge is 0.324 e. The molecule has 1 aromatic carbocycles. The molecule has 2 aromatic rings. The lowest BCUT2D eigenvalue weighted by molar-refractivity contribution is 0.0933. The Labute approximate surface area is 111 Å². The molecule has 1 atom stereocenters. The van der Waals surface area contributed by atoms with Crippen LogP contribution < -0.4 is 0 Å². The minimum Gasteiger partial charge on any atom is -0.324 e. The Kier molecular flexibility index (Phi) is 3.24. The van der Waals surface area contributed by atoms with Crippen LogP contribution in [0.15, 0.2) is 48.8 Å². The zero-order valence-electron chi connectivity index (χ0n) is 10.1. The van der Waals surface area contributed by atoms with Crippen LogP contribution >= 0.6 is 11.8 Å². The third-order valence-electron chi connectivity index (χ3n) is 3.33. The van der Waals surface area contributed by atoms with E-state index >= 15 is 0 Å². The fourth-order valence-electron chi connectivity index (χ4n) is 2.30. The first kappa shape index (κ1) is 11.6. The number of nitrogens with zero attached hydrogens (tertiary/aromatic N) is 1. The molecule has 0 radical (unpaired) electrons. The lowest BCUT2D eigenvalue weighted by Gasteiger charge is -2.09. The van der Waals surface area contributed by atoms with Gasteiger partial charge in [0.05, 0.1) is 0 Å². The summed E-state index contributed by atoms with van der Waals surface area (Å²) in [5.41, 5.74) is 1.89. The maximum Gasteiger partial charge on any atom is 0.166 e. The summed E-state index contributed by atoms with van der Waals surface area (Å²) in [6, 6.07) is 11.9. The Bertz CT molecular complexity index is 541. The minimum atomic E-state index is 0.218. The van der Waals surface area contributed by atoms with Crippen LogP contribution in [0.2, 0.25) is 0 Å². The molecule has 1 unspecified atom stereocenters. The van der Waals surface area contributed by atoms with E-state index in [9.17, 15) is 4.79 Å². The summed E-state index contributed by atoms with van der Waals surface area (Å²) in [6.07, 6.45) is 5.02. The van der Waals surface area contributed by atoms with E-state index in [0.29, 0.717) is 5.78 Å². The van der Waals surface area contributed by atoms with Crippen molar-refractivity contribution in [1.82, 2.24) is 4.57 Å². The van der Waals surface area contributed by atoms with Crippen molar-refractivity contribution in [2.24, 2.45) is 5.92 Å². The molecule has 1 aliphatic heterocycles. The normalized spacial score (nSPS) is 19.0. The molecule has 0 N–H and O–H groups in total. The molecule has 0 saturated carbocycles. The van der Waals surface area contributed by atoms with E-state index in [-0.39, 0.29) is 5.92 Å². The Hall–Kier alpha value is -1.48. The SMILES string of the molecule is O=C(c1cccc(-n2cccc2)c1)C1CCSC1. The van der Waals surface area contributed by atoms with Gasteiger partial charge in [-0.15, -0.1) is 0 Å². The fourth-order valence-corrected chi connectivity index (χ4v) is 3.52. The van der Waals surface area contributed by atoms with E-state index in [0.717, 1.165) is 29.2 Å². The van der Waals surface area contributed by atoms with Gasteiger partial charge in [-0.25, -0.2) is 0 Å². The first-order valence-corrected chi connectivity index (χ1v) is 7.35. The summed E-state index contributed by atoms with van der Waals surface area (Å²) >= 11 is 1.88. The molecule has 3 heteroatoms. The number of carbonyl (C=O) groups excluding carboxylic acids is 1. The summed E-state index contributed by atoms with van der Waals surface area (Å²) < 4.78 is 2.03. The maximum absolute atomic E-state index is 12.3. The van der Waals surface area contributed by atoms with Gasteiger partial charge in [-0.05, 0) is 36.4 Å². The van der Waals surface area contributed by atoms with Crippen LogP contribution in [0, 0.1) is 5.92 Å². The average molecular weight is 257 g/mol. The summed E-state index contributed by atoms with van der Waals surface area (Å²) in [4.78, 5) is 12.3. The van der Waals surface area contributed by atoms with Crippen molar-refractivity contribution in [3.8, 4) is 5.69 Å². The quantitative estimate of drug-likeness (QED) is 0.786. The highest BCUT2D eigenvalue weighted by Crippen LogP contribution is 2.27. The van der Waals surface area contributed by atoms with Crippen molar-refractivity contribution in [2.45, 2.75) is 6.42 Å². The van der Waals surface area contributed by atoms with E-state index in [1.165, 1.54) is 0 Å². The van der Waals surface area contributed by atoms with Crippen LogP contribution in [-0.4, -0.2) is 21.9 Å². The Morgan fingerprint density at radius 2 is 2.06 bits per heavy atom. The smallest absolute Gasteiger partial charge is 0.166 e. The van der Waals surface area contributed by atoms with Gasteiger partial charge >= 0.3 is 0 Å². The molecule has 0 spiro atoms. The van der Waals surface area contributed by atoms with Gasteiger partial charge < -0.3 is 4.57 Å². The van der Waals surface area contributed by atoms with Gasteiger partial charge in [-0.1, -0.05) is 12.1 Å². The Morgan fingerprint density at radius 1 is 1.22 bits per heavy atom. The highest BCUT2D eigenvalue weighted by atomic mass is 32.2. The van der Waals surface area contributed by atoms with Crippen molar-refractivity contribution < 1.29 is 4.79 Å². The zero-order valence-corrected chi connectivity index (χ0v) is 10.9. The van der Waals surface area contributed by atoms with Crippen molar-refractivity contribution in [3.05, 3.63) is 54.4 Å². The molecular weight excluding hydrogens is 242 g/mol. The number of Topliss-reactive ketones (excluding diaryl/α,β-unsaturated/α-hetero) is 1. The highest BCUT2D eigenvalue weighted by Gasteiger charge is 2.24. The summed E-state index contributed by atoms with van der Waals surface area (Å²) in [7, 11) is 0. The van der Waals surface area contributed by atoms with E-state index < -0.39 is 0 Å². The molecule has 2 nitrogen and oxygen atoms in total. The van der Waals surface area contributed by atoms with Gasteiger partial charge in [0, 0.05) is 35.3 Å². The van der Waals surface area contributed by atoms with Gasteiger partial charge in [-0.2, -0.15) is 11.8 Å². The molecule has 18 heavy (non-hydrogen) atoms. The summed E-state index contributed by atoms with van der Waals surface area (Å²) in [5.74, 6) is 2.62. The summed E-state index contributed by atoms with van der Waals surface area (Å²) in [6.45, 7) is 0. The van der Waals surface area contributed by atoms with Crippen LogP contribution in [0.25, 0.3) is 5.69 Å². The number of benzene rings is 1. The zero-order chi connectivity index (χ0) is 12.4. The fraction of sp³-hybridized carbons (Fsp3) is 0.267. The molecule has 0 amide bonds. The first-order chi connectivity index (χ1) is 8.84. The number of rotatable bonds is 3.